The van der Waals surface area contributed by atoms with E-state index in [4.69, 9.17) is 0 Å². The zero-order valence-corrected chi connectivity index (χ0v) is 7.55. The Labute approximate surface area is 70.2 Å². The monoisotopic (exact) mass is 153 g/mol. The Bertz CT molecular complexity index is 105. The van der Waals surface area contributed by atoms with Crippen molar-refractivity contribution in [3.63, 3.8) is 0 Å². The van der Waals surface area contributed by atoms with Crippen molar-refractivity contribution < 1.29 is 0 Å². The molecule has 64 valence electrons. The van der Waals surface area contributed by atoms with E-state index in [1.54, 1.807) is 0 Å². The molecule has 11 heavy (non-hydrogen) atoms. The third-order valence-electron chi connectivity index (χ3n) is 1.52. The average molecular weight is 153 g/mol. The Kier molecular flexibility index (Phi) is 8.91. The summed E-state index contributed by atoms with van der Waals surface area (Å²) in [5.41, 5.74) is 0. The Hall–Kier alpha value is -0.590. The molecule has 0 unspecified atom stereocenters. The van der Waals surface area contributed by atoms with Gasteiger partial charge in [-0.3, -0.25) is 4.99 Å². The fourth-order valence-electron chi connectivity index (χ4n) is 0.828. The Morgan fingerprint density at radius 2 is 2.09 bits per heavy atom. The summed E-state index contributed by atoms with van der Waals surface area (Å²) in [6.45, 7) is 6.86. The second-order valence-electron chi connectivity index (χ2n) is 2.66. The number of nitrogens with zero attached hydrogens (tertiary/aromatic N) is 1. The first-order chi connectivity index (χ1) is 5.41. The highest BCUT2D eigenvalue weighted by atomic mass is 14.7. The maximum atomic E-state index is 4.27. The Morgan fingerprint density at radius 1 is 1.27 bits per heavy atom. The molecule has 0 aliphatic rings. The molecule has 0 aromatic carbocycles. The van der Waals surface area contributed by atoms with Crippen LogP contribution in [0.15, 0.2) is 17.6 Å². The highest BCUT2D eigenvalue weighted by molar-refractivity contribution is 5.57. The number of hydrogen-bond acceptors (Lipinski definition) is 1. The standard InChI is InChI=1S/C10H19N/c1-3-5-7-9-11-10-8-6-4-2/h3,9H,1,4-8,10H2,2H3. The van der Waals surface area contributed by atoms with Crippen molar-refractivity contribution in [3.05, 3.63) is 12.7 Å². The minimum atomic E-state index is 1.00. The molecule has 0 rings (SSSR count). The quantitative estimate of drug-likeness (QED) is 0.302. The van der Waals surface area contributed by atoms with Crippen LogP contribution < -0.4 is 0 Å². The van der Waals surface area contributed by atoms with E-state index in [2.05, 4.69) is 18.5 Å². The fraction of sp³-hybridized carbons (Fsp3) is 0.700. The van der Waals surface area contributed by atoms with E-state index in [0.717, 1.165) is 19.4 Å². The van der Waals surface area contributed by atoms with Crippen LogP contribution in [0.2, 0.25) is 0 Å². The van der Waals surface area contributed by atoms with Crippen LogP contribution in [0, 0.1) is 0 Å². The van der Waals surface area contributed by atoms with Crippen molar-refractivity contribution in [2.45, 2.75) is 39.0 Å². The van der Waals surface area contributed by atoms with Crippen LogP contribution in [0.4, 0.5) is 0 Å². The van der Waals surface area contributed by atoms with E-state index in [0.29, 0.717) is 0 Å². The summed E-state index contributed by atoms with van der Waals surface area (Å²) in [4.78, 5) is 4.27. The fourth-order valence-corrected chi connectivity index (χ4v) is 0.828. The lowest BCUT2D eigenvalue weighted by Gasteiger charge is -1.91. The first-order valence-corrected chi connectivity index (χ1v) is 4.51. The molecule has 1 heteroatoms. The highest BCUT2D eigenvalue weighted by Gasteiger charge is 1.81. The van der Waals surface area contributed by atoms with Gasteiger partial charge in [-0.15, -0.1) is 6.58 Å². The third kappa shape index (κ3) is 9.41. The van der Waals surface area contributed by atoms with Crippen LogP contribution in [-0.2, 0) is 0 Å². The van der Waals surface area contributed by atoms with Crippen LogP contribution in [0.1, 0.15) is 39.0 Å². The molecule has 0 atom stereocenters. The van der Waals surface area contributed by atoms with Gasteiger partial charge < -0.3 is 0 Å². The lowest BCUT2D eigenvalue weighted by molar-refractivity contribution is 0.728. The van der Waals surface area contributed by atoms with Gasteiger partial charge in [0.25, 0.3) is 0 Å². The molecule has 0 fully saturated rings. The predicted octanol–water partition coefficient (Wildman–Crippen LogP) is 3.21. The van der Waals surface area contributed by atoms with Gasteiger partial charge in [0, 0.05) is 6.54 Å². The van der Waals surface area contributed by atoms with Crippen molar-refractivity contribution in [1.29, 1.82) is 0 Å². The van der Waals surface area contributed by atoms with E-state index in [1.807, 2.05) is 12.3 Å². The van der Waals surface area contributed by atoms with Gasteiger partial charge in [0.05, 0.1) is 0 Å². The lowest BCUT2D eigenvalue weighted by Crippen LogP contribution is -1.82. The molecule has 0 saturated carbocycles. The van der Waals surface area contributed by atoms with Crippen LogP contribution in [-0.4, -0.2) is 12.8 Å². The lowest BCUT2D eigenvalue weighted by atomic mass is 10.2. The van der Waals surface area contributed by atoms with Gasteiger partial charge in [0.2, 0.25) is 0 Å². The highest BCUT2D eigenvalue weighted by Crippen LogP contribution is 1.93. The zero-order valence-electron chi connectivity index (χ0n) is 7.55. The molecule has 0 radical (unpaired) electrons. The van der Waals surface area contributed by atoms with Crippen molar-refractivity contribution >= 4 is 6.21 Å². The van der Waals surface area contributed by atoms with Crippen molar-refractivity contribution in [1.82, 2.24) is 0 Å². The van der Waals surface area contributed by atoms with Crippen LogP contribution in [0.3, 0.4) is 0 Å². The largest absolute Gasteiger partial charge is 0.298 e. The second-order valence-corrected chi connectivity index (χ2v) is 2.66. The molecule has 1 nitrogen and oxygen atoms in total. The predicted molar refractivity (Wildman–Crippen MR) is 52.3 cm³/mol. The molecule has 0 aromatic rings. The molecule has 0 aliphatic heterocycles. The maximum Gasteiger partial charge on any atom is 0.0385 e. The van der Waals surface area contributed by atoms with Gasteiger partial charge in [0.1, 0.15) is 0 Å². The Balaban J connectivity index is 2.97. The summed E-state index contributed by atoms with van der Waals surface area (Å²) in [5, 5.41) is 0. The normalized spacial score (nSPS) is 10.6. The first-order valence-electron chi connectivity index (χ1n) is 4.51. The van der Waals surface area contributed by atoms with Crippen molar-refractivity contribution in [3.8, 4) is 0 Å². The number of unbranched alkanes of at least 4 members (excludes halogenated alkanes) is 3. The summed E-state index contributed by atoms with van der Waals surface area (Å²) in [6, 6.07) is 0. The topological polar surface area (TPSA) is 12.4 Å². The van der Waals surface area contributed by atoms with Gasteiger partial charge in [0.15, 0.2) is 0 Å². The van der Waals surface area contributed by atoms with E-state index < -0.39 is 0 Å². The zero-order chi connectivity index (χ0) is 8.36. The minimum absolute atomic E-state index is 1.00. The number of rotatable bonds is 7. The van der Waals surface area contributed by atoms with E-state index in [1.165, 1.54) is 19.3 Å². The van der Waals surface area contributed by atoms with E-state index in [9.17, 15) is 0 Å². The molecular formula is C10H19N. The van der Waals surface area contributed by atoms with Gasteiger partial charge in [-0.05, 0) is 25.5 Å². The van der Waals surface area contributed by atoms with Crippen molar-refractivity contribution in [2.24, 2.45) is 4.99 Å². The molecule has 0 heterocycles. The third-order valence-corrected chi connectivity index (χ3v) is 1.52. The number of aliphatic imine (C=N–C) groups is 1. The minimum Gasteiger partial charge on any atom is -0.298 e. The molecule has 0 aromatic heterocycles. The molecule has 0 spiro atoms. The SMILES string of the molecule is C=CCCC=NCCCCC. The molecule has 0 amide bonds. The summed E-state index contributed by atoms with van der Waals surface area (Å²) < 4.78 is 0. The molecule has 0 bridgehead atoms. The molecule has 0 aliphatic carbocycles. The summed E-state index contributed by atoms with van der Waals surface area (Å²) in [6.07, 6.45) is 9.87. The van der Waals surface area contributed by atoms with Gasteiger partial charge >= 0.3 is 0 Å². The molecule has 0 saturated heterocycles. The van der Waals surface area contributed by atoms with Crippen molar-refractivity contribution in [2.75, 3.05) is 6.54 Å². The number of allylic oxidation sites excluding steroid dienone is 1. The first kappa shape index (κ1) is 10.4. The number of hydrogen-bond donors (Lipinski definition) is 0. The second kappa shape index (κ2) is 9.41. The Morgan fingerprint density at radius 3 is 2.73 bits per heavy atom. The van der Waals surface area contributed by atoms with Crippen LogP contribution >= 0.6 is 0 Å². The summed E-state index contributed by atoms with van der Waals surface area (Å²) in [7, 11) is 0. The van der Waals surface area contributed by atoms with Gasteiger partial charge in [-0.2, -0.15) is 0 Å². The maximum absolute atomic E-state index is 4.27. The molecule has 0 N–H and O–H groups in total. The average Bonchev–Trinajstić information content (AvgIpc) is 2.03. The van der Waals surface area contributed by atoms with E-state index in [-0.39, 0.29) is 0 Å². The summed E-state index contributed by atoms with van der Waals surface area (Å²) in [5.74, 6) is 0. The smallest absolute Gasteiger partial charge is 0.0385 e. The van der Waals surface area contributed by atoms with Gasteiger partial charge in [-0.1, -0.05) is 25.8 Å². The summed E-state index contributed by atoms with van der Waals surface area (Å²) >= 11 is 0. The molecular weight excluding hydrogens is 134 g/mol. The van der Waals surface area contributed by atoms with Gasteiger partial charge in [-0.25, -0.2) is 0 Å². The van der Waals surface area contributed by atoms with Crippen LogP contribution in [0.25, 0.3) is 0 Å². The van der Waals surface area contributed by atoms with Crippen LogP contribution in [0.5, 0.6) is 0 Å². The van der Waals surface area contributed by atoms with E-state index >= 15 is 0 Å².